The Morgan fingerprint density at radius 2 is 1.62 bits per heavy atom. The van der Waals surface area contributed by atoms with Crippen LogP contribution >= 0.6 is 11.6 Å². The maximum absolute atomic E-state index is 12.0. The number of amides is 2. The number of rotatable bonds is 4. The Bertz CT molecular complexity index is 696. The van der Waals surface area contributed by atoms with E-state index in [4.69, 9.17) is 17.3 Å². The lowest BCUT2D eigenvalue weighted by atomic mass is 10.1. The van der Waals surface area contributed by atoms with Crippen molar-refractivity contribution in [3.8, 4) is 0 Å². The van der Waals surface area contributed by atoms with Crippen LogP contribution in [0.3, 0.4) is 0 Å². The van der Waals surface area contributed by atoms with Crippen LogP contribution in [0.4, 0.5) is 5.69 Å². The van der Waals surface area contributed by atoms with E-state index in [0.29, 0.717) is 5.69 Å². The normalized spacial score (nSPS) is 11.0. The second-order valence-corrected chi connectivity index (χ2v) is 4.67. The fourth-order valence-corrected chi connectivity index (χ4v) is 1.92. The fraction of sp³-hybridized carbons (Fsp3) is 0. The van der Waals surface area contributed by atoms with Crippen molar-refractivity contribution >= 4 is 35.2 Å². The lowest BCUT2D eigenvalue weighted by molar-refractivity contribution is -0.112. The fourth-order valence-electron chi connectivity index (χ4n) is 1.75. The summed E-state index contributed by atoms with van der Waals surface area (Å²) in [5.41, 5.74) is 6.62. The number of hydrogen-bond donors (Lipinski definition) is 2. The summed E-state index contributed by atoms with van der Waals surface area (Å²) in [5, 5.41) is 2.59. The smallest absolute Gasteiger partial charge is 0.267 e. The largest absolute Gasteiger partial charge is 0.366 e. The Morgan fingerprint density at radius 3 is 2.29 bits per heavy atom. The standard InChI is InChI=1S/C16H13ClN2O2/c17-13(10-11-6-2-1-3-7-11)16(21)19-14-9-5-4-8-12(14)15(18)20/h1-10H,(H2,18,20)(H,19,21)/b13-10-. The number of halogens is 1. The van der Waals surface area contributed by atoms with Gasteiger partial charge in [-0.25, -0.2) is 0 Å². The summed E-state index contributed by atoms with van der Waals surface area (Å²) < 4.78 is 0. The molecule has 0 bridgehead atoms. The summed E-state index contributed by atoms with van der Waals surface area (Å²) in [6, 6.07) is 15.7. The Labute approximate surface area is 127 Å². The summed E-state index contributed by atoms with van der Waals surface area (Å²) in [7, 11) is 0. The molecule has 21 heavy (non-hydrogen) atoms. The van der Waals surface area contributed by atoms with Gasteiger partial charge in [0.25, 0.3) is 11.8 Å². The zero-order chi connectivity index (χ0) is 15.2. The van der Waals surface area contributed by atoms with Gasteiger partial charge >= 0.3 is 0 Å². The minimum Gasteiger partial charge on any atom is -0.366 e. The van der Waals surface area contributed by atoms with Gasteiger partial charge in [0.2, 0.25) is 0 Å². The van der Waals surface area contributed by atoms with E-state index in [2.05, 4.69) is 5.32 Å². The monoisotopic (exact) mass is 300 g/mol. The Balaban J connectivity index is 2.19. The molecule has 0 saturated heterocycles. The van der Waals surface area contributed by atoms with Crippen LogP contribution in [0.2, 0.25) is 0 Å². The van der Waals surface area contributed by atoms with Crippen molar-refractivity contribution in [1.82, 2.24) is 0 Å². The highest BCUT2D eigenvalue weighted by Gasteiger charge is 2.12. The summed E-state index contributed by atoms with van der Waals surface area (Å²) in [6.45, 7) is 0. The molecule has 2 amide bonds. The number of para-hydroxylation sites is 1. The molecule has 5 heteroatoms. The average Bonchev–Trinajstić information content (AvgIpc) is 2.48. The molecular weight excluding hydrogens is 288 g/mol. The van der Waals surface area contributed by atoms with Gasteiger partial charge in [0, 0.05) is 0 Å². The van der Waals surface area contributed by atoms with Crippen molar-refractivity contribution in [2.45, 2.75) is 0 Å². The Morgan fingerprint density at radius 1 is 1.00 bits per heavy atom. The molecule has 2 aromatic carbocycles. The minimum atomic E-state index is -0.617. The number of nitrogens with two attached hydrogens (primary N) is 1. The second-order valence-electron chi connectivity index (χ2n) is 4.27. The molecule has 0 aliphatic heterocycles. The van der Waals surface area contributed by atoms with Crippen LogP contribution in [0.1, 0.15) is 15.9 Å². The van der Waals surface area contributed by atoms with Gasteiger partial charge in [-0.1, -0.05) is 54.1 Å². The van der Waals surface area contributed by atoms with E-state index < -0.39 is 11.8 Å². The molecule has 2 rings (SSSR count). The predicted molar refractivity (Wildman–Crippen MR) is 83.9 cm³/mol. The zero-order valence-electron chi connectivity index (χ0n) is 11.0. The van der Waals surface area contributed by atoms with Crippen molar-refractivity contribution in [2.24, 2.45) is 5.73 Å². The molecule has 0 heterocycles. The van der Waals surface area contributed by atoms with Crippen LogP contribution in [0, 0.1) is 0 Å². The molecule has 0 saturated carbocycles. The van der Waals surface area contributed by atoms with Gasteiger partial charge < -0.3 is 11.1 Å². The van der Waals surface area contributed by atoms with Gasteiger partial charge in [-0.3, -0.25) is 9.59 Å². The van der Waals surface area contributed by atoms with E-state index in [-0.39, 0.29) is 10.6 Å². The van der Waals surface area contributed by atoms with Crippen LogP contribution < -0.4 is 11.1 Å². The van der Waals surface area contributed by atoms with Gasteiger partial charge in [-0.2, -0.15) is 0 Å². The molecule has 0 aliphatic carbocycles. The van der Waals surface area contributed by atoms with E-state index in [1.165, 1.54) is 6.07 Å². The Kier molecular flexibility index (Phi) is 4.74. The molecule has 0 unspecified atom stereocenters. The third kappa shape index (κ3) is 3.94. The summed E-state index contributed by atoms with van der Waals surface area (Å²) in [5.74, 6) is -1.12. The number of carbonyl (C=O) groups is 2. The van der Waals surface area contributed by atoms with E-state index in [1.54, 1.807) is 24.3 Å². The van der Waals surface area contributed by atoms with Gasteiger partial charge in [0.1, 0.15) is 5.03 Å². The van der Waals surface area contributed by atoms with Gasteiger partial charge in [-0.15, -0.1) is 0 Å². The van der Waals surface area contributed by atoms with Crippen molar-refractivity contribution in [3.63, 3.8) is 0 Å². The van der Waals surface area contributed by atoms with Gasteiger partial charge in [0.05, 0.1) is 11.3 Å². The first-order valence-electron chi connectivity index (χ1n) is 6.20. The Hall–Kier alpha value is -2.59. The van der Waals surface area contributed by atoms with E-state index in [9.17, 15) is 9.59 Å². The molecule has 0 fully saturated rings. The molecule has 0 radical (unpaired) electrons. The van der Waals surface area contributed by atoms with Crippen LogP contribution in [0.5, 0.6) is 0 Å². The first kappa shape index (κ1) is 14.8. The van der Waals surface area contributed by atoms with E-state index in [1.807, 2.05) is 30.3 Å². The average molecular weight is 301 g/mol. The molecule has 0 aliphatic rings. The molecule has 0 spiro atoms. The molecule has 106 valence electrons. The number of hydrogen-bond acceptors (Lipinski definition) is 2. The highest BCUT2D eigenvalue weighted by Crippen LogP contribution is 2.17. The lowest BCUT2D eigenvalue weighted by Gasteiger charge is -2.08. The highest BCUT2D eigenvalue weighted by atomic mass is 35.5. The molecule has 2 aromatic rings. The van der Waals surface area contributed by atoms with E-state index in [0.717, 1.165) is 5.56 Å². The molecule has 3 N–H and O–H groups in total. The maximum Gasteiger partial charge on any atom is 0.267 e. The highest BCUT2D eigenvalue weighted by molar-refractivity contribution is 6.45. The number of nitrogens with one attached hydrogen (secondary N) is 1. The topological polar surface area (TPSA) is 72.2 Å². The first-order chi connectivity index (χ1) is 10.1. The quantitative estimate of drug-likeness (QED) is 0.852. The predicted octanol–water partition coefficient (Wildman–Crippen LogP) is 3.00. The summed E-state index contributed by atoms with van der Waals surface area (Å²) >= 11 is 5.98. The van der Waals surface area contributed by atoms with E-state index >= 15 is 0 Å². The number of benzene rings is 2. The molecule has 4 nitrogen and oxygen atoms in total. The minimum absolute atomic E-state index is 0.0143. The SMILES string of the molecule is NC(=O)c1ccccc1NC(=O)/C(Cl)=C/c1ccccc1. The zero-order valence-corrected chi connectivity index (χ0v) is 11.8. The van der Waals surface area contributed by atoms with Crippen molar-refractivity contribution < 1.29 is 9.59 Å². The number of carbonyl (C=O) groups excluding carboxylic acids is 2. The van der Waals surface area contributed by atoms with Crippen molar-refractivity contribution in [2.75, 3.05) is 5.32 Å². The van der Waals surface area contributed by atoms with Crippen LogP contribution in [0.25, 0.3) is 6.08 Å². The van der Waals surface area contributed by atoms with Crippen molar-refractivity contribution in [3.05, 3.63) is 70.8 Å². The first-order valence-corrected chi connectivity index (χ1v) is 6.58. The van der Waals surface area contributed by atoms with Gasteiger partial charge in [-0.05, 0) is 23.8 Å². The second kappa shape index (κ2) is 6.72. The third-order valence-corrected chi connectivity index (χ3v) is 3.03. The van der Waals surface area contributed by atoms with Crippen LogP contribution in [-0.4, -0.2) is 11.8 Å². The van der Waals surface area contributed by atoms with Gasteiger partial charge in [0.15, 0.2) is 0 Å². The van der Waals surface area contributed by atoms with Crippen LogP contribution in [-0.2, 0) is 4.79 Å². The number of anilines is 1. The summed E-state index contributed by atoms with van der Waals surface area (Å²) in [4.78, 5) is 23.3. The number of primary amides is 1. The van der Waals surface area contributed by atoms with Crippen molar-refractivity contribution in [1.29, 1.82) is 0 Å². The molecule has 0 atom stereocenters. The van der Waals surface area contributed by atoms with Crippen LogP contribution in [0.15, 0.2) is 59.6 Å². The lowest BCUT2D eigenvalue weighted by Crippen LogP contribution is -2.18. The molecular formula is C16H13ClN2O2. The molecule has 0 aromatic heterocycles. The summed E-state index contributed by atoms with van der Waals surface area (Å²) in [6.07, 6.45) is 1.55. The maximum atomic E-state index is 12.0. The third-order valence-electron chi connectivity index (χ3n) is 2.75.